The number of benzene rings is 1. The van der Waals surface area contributed by atoms with Gasteiger partial charge in [-0.2, -0.15) is 0 Å². The number of carbonyl (C=O) groups is 1. The van der Waals surface area contributed by atoms with Gasteiger partial charge in [0.25, 0.3) is 0 Å². The van der Waals surface area contributed by atoms with Crippen LogP contribution in [0, 0.1) is 30.1 Å². The van der Waals surface area contributed by atoms with Crippen molar-refractivity contribution < 1.29 is 9.53 Å². The smallest absolute Gasteiger partial charge is 0.193 e. The van der Waals surface area contributed by atoms with Gasteiger partial charge in [-0.05, 0) is 76.4 Å². The summed E-state index contributed by atoms with van der Waals surface area (Å²) in [5.74, 6) is 2.88. The molecule has 1 aromatic carbocycles. The molecule has 1 aromatic rings. The Kier molecular flexibility index (Phi) is 5.01. The van der Waals surface area contributed by atoms with E-state index in [0.717, 1.165) is 28.6 Å². The van der Waals surface area contributed by atoms with Crippen LogP contribution in [0.5, 0.6) is 5.75 Å². The highest BCUT2D eigenvalue weighted by Crippen LogP contribution is 2.60. The number of nitrogens with zero attached hydrogens (tertiary/aromatic N) is 1. The van der Waals surface area contributed by atoms with E-state index in [9.17, 15) is 4.79 Å². The first-order chi connectivity index (χ1) is 13.2. The van der Waals surface area contributed by atoms with Gasteiger partial charge in [0.05, 0.1) is 10.0 Å². The molecule has 0 aromatic heterocycles. The van der Waals surface area contributed by atoms with E-state index in [0.29, 0.717) is 29.9 Å². The molecule has 4 rings (SSSR count). The summed E-state index contributed by atoms with van der Waals surface area (Å²) in [5.41, 5.74) is 4.13. The lowest BCUT2D eigenvalue weighted by atomic mass is 9.69. The standard InChI is InChI=1S/C24H32BrNO2/c1-7-13(4)23-26-21-17(27)11-24(6)9-8-15(12(2)3)19(24)16-10-14(5)20(25)22(28-23)18(16)21/h10,12-13,15,19,23H,7-9,11H2,1-6H3/t13?,15-,19-,23+,24+/m1/s1. The van der Waals surface area contributed by atoms with Crippen LogP contribution in [0.1, 0.15) is 82.9 Å². The third-order valence-electron chi connectivity index (χ3n) is 7.54. The van der Waals surface area contributed by atoms with Crippen molar-refractivity contribution in [2.24, 2.45) is 28.2 Å². The van der Waals surface area contributed by atoms with Crippen LogP contribution in [0.3, 0.4) is 0 Å². The van der Waals surface area contributed by atoms with Crippen LogP contribution in [0.2, 0.25) is 0 Å². The molecule has 1 unspecified atom stereocenters. The third kappa shape index (κ3) is 2.89. The number of fused-ring (bicyclic) bond motifs is 2. The Hall–Kier alpha value is -1.16. The first-order valence-electron chi connectivity index (χ1n) is 10.8. The van der Waals surface area contributed by atoms with Crippen molar-refractivity contribution in [1.29, 1.82) is 0 Å². The molecule has 0 N–H and O–H groups in total. The number of ether oxygens (including phenoxy) is 1. The molecule has 5 atom stereocenters. The van der Waals surface area contributed by atoms with Crippen LogP contribution in [-0.2, 0) is 4.79 Å². The van der Waals surface area contributed by atoms with Gasteiger partial charge in [0.2, 0.25) is 0 Å². The van der Waals surface area contributed by atoms with Crippen LogP contribution in [0.25, 0.3) is 0 Å². The normalized spacial score (nSPS) is 32.4. The summed E-state index contributed by atoms with van der Waals surface area (Å²) in [7, 11) is 0. The summed E-state index contributed by atoms with van der Waals surface area (Å²) in [5, 5.41) is 0. The van der Waals surface area contributed by atoms with Gasteiger partial charge >= 0.3 is 0 Å². The molecule has 3 nitrogen and oxygen atoms in total. The summed E-state index contributed by atoms with van der Waals surface area (Å²) < 4.78 is 7.41. The fourth-order valence-electron chi connectivity index (χ4n) is 5.69. The monoisotopic (exact) mass is 445 g/mol. The van der Waals surface area contributed by atoms with Crippen molar-refractivity contribution in [2.75, 3.05) is 0 Å². The predicted molar refractivity (Wildman–Crippen MR) is 117 cm³/mol. The van der Waals surface area contributed by atoms with Gasteiger partial charge in [-0.25, -0.2) is 4.99 Å². The third-order valence-corrected chi connectivity index (χ3v) is 8.53. The van der Waals surface area contributed by atoms with Crippen molar-refractivity contribution in [3.05, 3.63) is 27.2 Å². The highest BCUT2D eigenvalue weighted by Gasteiger charge is 2.52. The van der Waals surface area contributed by atoms with Crippen molar-refractivity contribution in [2.45, 2.75) is 79.4 Å². The van der Waals surface area contributed by atoms with E-state index in [2.05, 4.69) is 63.5 Å². The molecule has 0 bridgehead atoms. The minimum Gasteiger partial charge on any atom is -0.467 e. The topological polar surface area (TPSA) is 38.7 Å². The van der Waals surface area contributed by atoms with E-state index in [-0.39, 0.29) is 23.3 Å². The van der Waals surface area contributed by atoms with Crippen LogP contribution in [-0.4, -0.2) is 17.7 Å². The van der Waals surface area contributed by atoms with Crippen LogP contribution in [0.15, 0.2) is 15.5 Å². The molecule has 3 aliphatic rings. The number of carbonyl (C=O) groups excluding carboxylic acids is 1. The van der Waals surface area contributed by atoms with Crippen LogP contribution >= 0.6 is 15.9 Å². The van der Waals surface area contributed by atoms with Crippen molar-refractivity contribution in [3.63, 3.8) is 0 Å². The number of halogens is 1. The molecule has 0 radical (unpaired) electrons. The van der Waals surface area contributed by atoms with E-state index < -0.39 is 0 Å². The minimum atomic E-state index is -0.283. The zero-order chi connectivity index (χ0) is 20.4. The van der Waals surface area contributed by atoms with E-state index in [1.807, 2.05) is 0 Å². The quantitative estimate of drug-likeness (QED) is 0.536. The number of aliphatic imine (C=N–C) groups is 1. The zero-order valence-corrected chi connectivity index (χ0v) is 19.5. The molecule has 1 fully saturated rings. The van der Waals surface area contributed by atoms with Gasteiger partial charge in [-0.1, -0.05) is 40.7 Å². The minimum absolute atomic E-state index is 0.00574. The SMILES string of the molecule is CCC(C)[C@H]1N=C2C(=O)C[C@]3(C)CC[C@H](C(C)C)[C@@H]3c3cc(C)c(Br)c(c32)O1. The molecule has 1 heterocycles. The molecule has 2 aliphatic carbocycles. The first kappa shape index (κ1) is 20.1. The van der Waals surface area contributed by atoms with Gasteiger partial charge in [-0.3, -0.25) is 4.79 Å². The van der Waals surface area contributed by atoms with E-state index in [1.165, 1.54) is 17.5 Å². The lowest BCUT2D eigenvalue weighted by molar-refractivity contribution is -0.115. The highest BCUT2D eigenvalue weighted by molar-refractivity contribution is 9.10. The van der Waals surface area contributed by atoms with E-state index in [4.69, 9.17) is 9.73 Å². The molecular formula is C24H32BrNO2. The van der Waals surface area contributed by atoms with Crippen molar-refractivity contribution >= 4 is 27.4 Å². The summed E-state index contributed by atoms with van der Waals surface area (Å²) in [6.45, 7) is 13.4. The molecule has 1 saturated carbocycles. The molecule has 152 valence electrons. The molecular weight excluding hydrogens is 414 g/mol. The van der Waals surface area contributed by atoms with Crippen LogP contribution in [0.4, 0.5) is 0 Å². The lowest BCUT2D eigenvalue weighted by Gasteiger charge is -2.36. The number of Topliss-reactive ketones (excluding diaryl/α,β-unsaturated/α-hetero) is 1. The summed E-state index contributed by atoms with van der Waals surface area (Å²) in [6, 6.07) is 2.30. The Balaban J connectivity index is 1.99. The number of ketones is 1. The van der Waals surface area contributed by atoms with Gasteiger partial charge in [0.15, 0.2) is 12.0 Å². The second kappa shape index (κ2) is 6.97. The van der Waals surface area contributed by atoms with Crippen LogP contribution < -0.4 is 4.74 Å². The Morgan fingerprint density at radius 2 is 2.07 bits per heavy atom. The summed E-state index contributed by atoms with van der Waals surface area (Å²) >= 11 is 3.76. The molecule has 0 saturated heterocycles. The second-order valence-electron chi connectivity index (χ2n) is 9.85. The fraction of sp³-hybridized carbons (Fsp3) is 0.667. The first-order valence-corrected chi connectivity index (χ1v) is 11.6. The molecule has 28 heavy (non-hydrogen) atoms. The Bertz CT molecular complexity index is 859. The second-order valence-corrected chi connectivity index (χ2v) is 10.6. The Morgan fingerprint density at radius 1 is 1.36 bits per heavy atom. The summed E-state index contributed by atoms with van der Waals surface area (Å²) in [4.78, 5) is 18.4. The van der Waals surface area contributed by atoms with Gasteiger partial charge in [-0.15, -0.1) is 0 Å². The summed E-state index contributed by atoms with van der Waals surface area (Å²) in [6.07, 6.45) is 3.58. The largest absolute Gasteiger partial charge is 0.467 e. The molecule has 0 spiro atoms. The molecule has 4 heteroatoms. The highest BCUT2D eigenvalue weighted by atomic mass is 79.9. The molecule has 1 aliphatic heterocycles. The number of hydrogen-bond donors (Lipinski definition) is 0. The Labute approximate surface area is 177 Å². The fourth-order valence-corrected chi connectivity index (χ4v) is 6.10. The predicted octanol–water partition coefficient (Wildman–Crippen LogP) is 6.44. The van der Waals surface area contributed by atoms with Crippen molar-refractivity contribution in [3.8, 4) is 5.75 Å². The number of aryl methyl sites for hydroxylation is 1. The van der Waals surface area contributed by atoms with E-state index >= 15 is 0 Å². The Morgan fingerprint density at radius 3 is 2.71 bits per heavy atom. The van der Waals surface area contributed by atoms with Gasteiger partial charge in [0, 0.05) is 12.3 Å². The molecule has 0 amide bonds. The van der Waals surface area contributed by atoms with Gasteiger partial charge in [0.1, 0.15) is 11.5 Å². The van der Waals surface area contributed by atoms with Crippen molar-refractivity contribution in [1.82, 2.24) is 0 Å². The number of hydrogen-bond acceptors (Lipinski definition) is 3. The van der Waals surface area contributed by atoms with E-state index in [1.54, 1.807) is 0 Å². The maximum atomic E-state index is 13.5. The maximum absolute atomic E-state index is 13.5. The lowest BCUT2D eigenvalue weighted by Crippen LogP contribution is -2.32. The average molecular weight is 446 g/mol. The van der Waals surface area contributed by atoms with Gasteiger partial charge < -0.3 is 4.74 Å². The number of rotatable bonds is 3. The zero-order valence-electron chi connectivity index (χ0n) is 17.9. The maximum Gasteiger partial charge on any atom is 0.193 e. The average Bonchev–Trinajstić information content (AvgIpc) is 2.96.